The van der Waals surface area contributed by atoms with Crippen LogP contribution in [-0.2, 0) is 23.9 Å². The third-order valence-corrected chi connectivity index (χ3v) is 7.91. The molecule has 0 aromatic heterocycles. The Balaban J connectivity index is 2.43. The molecule has 2 bridgehead atoms. The van der Waals surface area contributed by atoms with Crippen molar-refractivity contribution in [1.82, 2.24) is 16.0 Å². The fourth-order valence-corrected chi connectivity index (χ4v) is 5.52. The van der Waals surface area contributed by atoms with E-state index in [0.717, 1.165) is 5.75 Å². The number of esters is 1. The number of aliphatic hydroxyl groups excluding tert-OH is 1. The molecule has 2 aliphatic heterocycles. The minimum atomic E-state index is -1.17. The van der Waals surface area contributed by atoms with Gasteiger partial charge in [0.25, 0.3) is 0 Å². The van der Waals surface area contributed by atoms with Gasteiger partial charge in [0.15, 0.2) is 0 Å². The van der Waals surface area contributed by atoms with E-state index >= 15 is 0 Å². The number of amides is 3. The second-order valence-electron chi connectivity index (χ2n) is 8.10. The zero-order valence-electron chi connectivity index (χ0n) is 18.7. The van der Waals surface area contributed by atoms with Gasteiger partial charge in [0.1, 0.15) is 18.2 Å². The lowest BCUT2D eigenvalue weighted by Crippen LogP contribution is -2.57. The fourth-order valence-electron chi connectivity index (χ4n) is 3.37. The maximum Gasteiger partial charge on any atom is 0.309 e. The second-order valence-corrected chi connectivity index (χ2v) is 10.7. The summed E-state index contributed by atoms with van der Waals surface area (Å²) in [5.41, 5.74) is 0. The molecule has 0 saturated carbocycles. The Bertz CT molecular complexity index is 720. The molecule has 6 atom stereocenters. The quantitative estimate of drug-likeness (QED) is 0.257. The molecule has 32 heavy (non-hydrogen) atoms. The van der Waals surface area contributed by atoms with Crippen molar-refractivity contribution >= 4 is 45.3 Å². The molecule has 4 N–H and O–H groups in total. The van der Waals surface area contributed by atoms with E-state index in [1.807, 2.05) is 19.9 Å². The van der Waals surface area contributed by atoms with Crippen molar-refractivity contribution in [2.24, 2.45) is 5.92 Å². The first kappa shape index (κ1) is 26.5. The Labute approximate surface area is 196 Å². The highest BCUT2D eigenvalue weighted by Gasteiger charge is 2.33. The van der Waals surface area contributed by atoms with Crippen LogP contribution in [0.25, 0.3) is 0 Å². The number of aliphatic hydroxyl groups is 1. The summed E-state index contributed by atoms with van der Waals surface area (Å²) in [5.74, 6) is -1.09. The minimum Gasteiger partial charge on any atom is -0.457 e. The van der Waals surface area contributed by atoms with Crippen molar-refractivity contribution in [2.45, 2.75) is 76.8 Å². The van der Waals surface area contributed by atoms with E-state index in [2.05, 4.69) is 16.0 Å². The van der Waals surface area contributed by atoms with Crippen LogP contribution < -0.4 is 16.0 Å². The highest BCUT2D eigenvalue weighted by atomic mass is 33.1. The molecular formula is C21H33N3O6S2. The van der Waals surface area contributed by atoms with Crippen molar-refractivity contribution in [1.29, 1.82) is 0 Å². The largest absolute Gasteiger partial charge is 0.457 e. The van der Waals surface area contributed by atoms with Gasteiger partial charge < -0.3 is 25.8 Å². The molecule has 2 aliphatic rings. The molecular weight excluding hydrogens is 454 g/mol. The maximum absolute atomic E-state index is 13.1. The maximum atomic E-state index is 13.1. The van der Waals surface area contributed by atoms with Gasteiger partial charge in [0.2, 0.25) is 17.7 Å². The molecule has 1 saturated heterocycles. The van der Waals surface area contributed by atoms with E-state index in [1.165, 1.54) is 17.7 Å². The lowest BCUT2D eigenvalue weighted by molar-refractivity contribution is -0.151. The number of allylic oxidation sites excluding steroid dienone is 1. The molecule has 9 nitrogen and oxygen atoms in total. The van der Waals surface area contributed by atoms with Crippen molar-refractivity contribution in [3.05, 3.63) is 12.2 Å². The summed E-state index contributed by atoms with van der Waals surface area (Å²) < 4.78 is 5.46. The smallest absolute Gasteiger partial charge is 0.309 e. The molecule has 2 heterocycles. The monoisotopic (exact) mass is 487 g/mol. The summed E-state index contributed by atoms with van der Waals surface area (Å²) >= 11 is 0. The first-order chi connectivity index (χ1) is 15.2. The molecule has 0 spiro atoms. The number of nitrogens with one attached hydrogen (secondary N) is 3. The number of ether oxygens (including phenoxy) is 1. The van der Waals surface area contributed by atoms with Crippen molar-refractivity contribution < 1.29 is 29.0 Å². The highest BCUT2D eigenvalue weighted by Crippen LogP contribution is 2.24. The molecule has 3 amide bonds. The van der Waals surface area contributed by atoms with E-state index in [4.69, 9.17) is 4.74 Å². The van der Waals surface area contributed by atoms with Gasteiger partial charge in [0, 0.05) is 11.5 Å². The Hall–Kier alpha value is -1.72. The van der Waals surface area contributed by atoms with Crippen LogP contribution in [0.1, 0.15) is 46.5 Å². The van der Waals surface area contributed by atoms with E-state index < -0.39 is 54.0 Å². The van der Waals surface area contributed by atoms with Gasteiger partial charge in [-0.25, -0.2) is 0 Å². The van der Waals surface area contributed by atoms with Gasteiger partial charge in [-0.3, -0.25) is 19.2 Å². The molecule has 0 radical (unpaired) electrons. The van der Waals surface area contributed by atoms with E-state index in [1.54, 1.807) is 16.9 Å². The number of rotatable bonds is 2. The Kier molecular flexibility index (Phi) is 10.9. The fraction of sp³-hybridized carbons (Fsp3) is 0.714. The second kappa shape index (κ2) is 13.1. The molecule has 0 aliphatic carbocycles. The molecule has 0 aromatic carbocycles. The number of carbonyl (C=O) groups is 4. The van der Waals surface area contributed by atoms with Crippen LogP contribution >= 0.6 is 21.6 Å². The summed E-state index contributed by atoms with van der Waals surface area (Å²) in [6, 6.07) is -2.42. The SMILES string of the molecule is CCC(C)C1NC(=O)C2CSSCCC=CC(CC(=O)NC(C)C(=O)N2)OC(=O)CC1O. The van der Waals surface area contributed by atoms with Crippen LogP contribution in [0.3, 0.4) is 0 Å². The van der Waals surface area contributed by atoms with Gasteiger partial charge in [0.05, 0.1) is 25.0 Å². The minimum absolute atomic E-state index is 0.118. The van der Waals surface area contributed by atoms with Crippen LogP contribution in [0.15, 0.2) is 12.2 Å². The summed E-state index contributed by atoms with van der Waals surface area (Å²) in [6.07, 6.45) is 2.41. The highest BCUT2D eigenvalue weighted by molar-refractivity contribution is 8.76. The average molecular weight is 488 g/mol. The predicted octanol–water partition coefficient (Wildman–Crippen LogP) is 0.915. The van der Waals surface area contributed by atoms with E-state index in [9.17, 15) is 24.3 Å². The summed E-state index contributed by atoms with van der Waals surface area (Å²) in [7, 11) is 3.03. The molecule has 1 fully saturated rings. The molecule has 0 aromatic rings. The van der Waals surface area contributed by atoms with E-state index in [0.29, 0.717) is 18.6 Å². The Morgan fingerprint density at radius 1 is 1.12 bits per heavy atom. The van der Waals surface area contributed by atoms with Gasteiger partial charge in [-0.15, -0.1) is 0 Å². The zero-order valence-corrected chi connectivity index (χ0v) is 20.3. The predicted molar refractivity (Wildman–Crippen MR) is 125 cm³/mol. The standard InChI is InChI=1S/C21H33N3O6S2/c1-4-12(2)19-16(25)10-18(27)30-14-7-5-6-8-31-32-11-15(21(29)24-19)23-20(28)13(3)22-17(26)9-14/h5,7,12-16,19,25H,4,6,8-11H2,1-3H3,(H,22,26)(H,23,28)(H,24,29). The first-order valence-corrected chi connectivity index (χ1v) is 13.4. The lowest BCUT2D eigenvalue weighted by atomic mass is 9.92. The topological polar surface area (TPSA) is 134 Å². The third-order valence-electron chi connectivity index (χ3n) is 5.47. The van der Waals surface area contributed by atoms with Gasteiger partial charge in [-0.05, 0) is 25.3 Å². The normalized spacial score (nSPS) is 32.3. The number of carbonyl (C=O) groups excluding carboxylic acids is 4. The Morgan fingerprint density at radius 3 is 2.59 bits per heavy atom. The van der Waals surface area contributed by atoms with Crippen LogP contribution in [0.4, 0.5) is 0 Å². The first-order valence-electron chi connectivity index (χ1n) is 10.9. The molecule has 180 valence electrons. The van der Waals surface area contributed by atoms with Crippen molar-refractivity contribution in [3.8, 4) is 0 Å². The van der Waals surface area contributed by atoms with Gasteiger partial charge >= 0.3 is 5.97 Å². The Morgan fingerprint density at radius 2 is 1.88 bits per heavy atom. The van der Waals surface area contributed by atoms with Gasteiger partial charge in [-0.2, -0.15) is 0 Å². The van der Waals surface area contributed by atoms with Crippen LogP contribution in [-0.4, -0.2) is 70.6 Å². The van der Waals surface area contributed by atoms with Crippen LogP contribution in [0.2, 0.25) is 0 Å². The van der Waals surface area contributed by atoms with Crippen molar-refractivity contribution in [3.63, 3.8) is 0 Å². The summed E-state index contributed by atoms with van der Waals surface area (Å²) in [4.78, 5) is 50.7. The van der Waals surface area contributed by atoms with Crippen LogP contribution in [0.5, 0.6) is 0 Å². The van der Waals surface area contributed by atoms with Gasteiger partial charge in [-0.1, -0.05) is 47.9 Å². The average Bonchev–Trinajstić information content (AvgIpc) is 2.73. The summed E-state index contributed by atoms with van der Waals surface area (Å²) in [6.45, 7) is 5.33. The third kappa shape index (κ3) is 8.32. The number of hydrogen-bond acceptors (Lipinski definition) is 8. The van der Waals surface area contributed by atoms with E-state index in [-0.39, 0.29) is 18.8 Å². The summed E-state index contributed by atoms with van der Waals surface area (Å²) in [5, 5.41) is 18.9. The van der Waals surface area contributed by atoms with Crippen molar-refractivity contribution in [2.75, 3.05) is 11.5 Å². The zero-order chi connectivity index (χ0) is 23.7. The molecule has 2 rings (SSSR count). The number of hydrogen-bond donors (Lipinski definition) is 4. The molecule has 6 unspecified atom stereocenters. The lowest BCUT2D eigenvalue weighted by Gasteiger charge is -2.30. The number of fused-ring (bicyclic) bond motifs is 7. The molecule has 11 heteroatoms. The van der Waals surface area contributed by atoms with Crippen LogP contribution in [0, 0.1) is 5.92 Å².